The van der Waals surface area contributed by atoms with Gasteiger partial charge in [-0.25, -0.2) is 0 Å². The Bertz CT molecular complexity index is 752. The monoisotopic (exact) mass is 461 g/mol. The topological polar surface area (TPSA) is 84.5 Å². The lowest BCUT2D eigenvalue weighted by Crippen LogP contribution is -2.41. The van der Waals surface area contributed by atoms with E-state index in [0.717, 1.165) is 0 Å². The summed E-state index contributed by atoms with van der Waals surface area (Å²) in [4.78, 5) is 24.7. The number of hydrogen-bond acceptors (Lipinski definition) is 6. The van der Waals surface area contributed by atoms with E-state index in [4.69, 9.17) is 29.0 Å². The van der Waals surface area contributed by atoms with Gasteiger partial charge in [-0.2, -0.15) is 4.99 Å². The Hall–Kier alpha value is -1.63. The predicted molar refractivity (Wildman–Crippen MR) is 122 cm³/mol. The standard InChI is InChI=1S/C8H4ClNOS.C7H5ClO.C4H12N2.ClH/c9-8(11)6-1-3-7(4-2-6)10-5-12;8-7(9)6-4-2-1-3-5-6;1-4(2,3)6-5;/h1-4H;1-5H;6H,5H2,1-3H3;1H. The third-order valence-corrected chi connectivity index (χ3v) is 3.23. The van der Waals surface area contributed by atoms with Crippen molar-refractivity contribution in [2.75, 3.05) is 0 Å². The molecule has 0 fully saturated rings. The first-order chi connectivity index (χ1) is 12.6. The van der Waals surface area contributed by atoms with E-state index in [1.807, 2.05) is 26.8 Å². The van der Waals surface area contributed by atoms with Gasteiger partial charge in [0, 0.05) is 16.7 Å². The maximum Gasteiger partial charge on any atom is 0.252 e. The van der Waals surface area contributed by atoms with Gasteiger partial charge in [0.1, 0.15) is 0 Å². The van der Waals surface area contributed by atoms with Crippen molar-refractivity contribution in [2.45, 2.75) is 26.3 Å². The summed E-state index contributed by atoms with van der Waals surface area (Å²) in [5.41, 5.74) is 4.32. The van der Waals surface area contributed by atoms with Crippen molar-refractivity contribution < 1.29 is 9.59 Å². The summed E-state index contributed by atoms with van der Waals surface area (Å²) >= 11 is 14.8. The summed E-state index contributed by atoms with van der Waals surface area (Å²) in [5, 5.41) is 1.34. The van der Waals surface area contributed by atoms with E-state index < -0.39 is 10.5 Å². The molecule has 28 heavy (non-hydrogen) atoms. The fourth-order valence-corrected chi connectivity index (χ4v) is 1.65. The summed E-state index contributed by atoms with van der Waals surface area (Å²) < 4.78 is 0. The molecule has 0 unspecified atom stereocenters. The highest BCUT2D eigenvalue weighted by molar-refractivity contribution is 7.78. The molecule has 0 aliphatic heterocycles. The average molecular weight is 463 g/mol. The number of isothiocyanates is 1. The summed E-state index contributed by atoms with van der Waals surface area (Å²) in [7, 11) is 0. The van der Waals surface area contributed by atoms with Crippen LogP contribution in [0.25, 0.3) is 0 Å². The van der Waals surface area contributed by atoms with Gasteiger partial charge in [0.15, 0.2) is 0 Å². The molecule has 0 amide bonds. The van der Waals surface area contributed by atoms with E-state index in [2.05, 4.69) is 27.8 Å². The number of benzene rings is 2. The smallest absolute Gasteiger partial charge is 0.252 e. The van der Waals surface area contributed by atoms with E-state index in [0.29, 0.717) is 16.8 Å². The molecule has 0 spiro atoms. The number of nitrogens with zero attached hydrogens (tertiary/aromatic N) is 1. The first kappa shape index (κ1) is 28.6. The Balaban J connectivity index is 0. The zero-order chi connectivity index (χ0) is 20.9. The first-order valence-electron chi connectivity index (χ1n) is 7.71. The minimum atomic E-state index is -0.479. The molecule has 152 valence electrons. The van der Waals surface area contributed by atoms with Crippen LogP contribution in [0.2, 0.25) is 0 Å². The molecule has 5 nitrogen and oxygen atoms in total. The van der Waals surface area contributed by atoms with Crippen molar-refractivity contribution in [3.63, 3.8) is 0 Å². The van der Waals surface area contributed by atoms with Crippen LogP contribution in [0.15, 0.2) is 59.6 Å². The molecule has 0 heterocycles. The van der Waals surface area contributed by atoms with Crippen LogP contribution in [0.1, 0.15) is 41.5 Å². The van der Waals surface area contributed by atoms with Crippen LogP contribution in [-0.2, 0) is 0 Å². The van der Waals surface area contributed by atoms with Crippen LogP contribution in [0.4, 0.5) is 5.69 Å². The molecular formula is C19H22Cl3N3O2S. The zero-order valence-corrected chi connectivity index (χ0v) is 18.8. The molecule has 2 aromatic rings. The molecule has 2 aromatic carbocycles. The molecule has 3 N–H and O–H groups in total. The Morgan fingerprint density at radius 1 is 0.964 bits per heavy atom. The average Bonchev–Trinajstić information content (AvgIpc) is 2.63. The molecule has 0 aliphatic rings. The third kappa shape index (κ3) is 14.4. The van der Waals surface area contributed by atoms with Crippen LogP contribution in [0, 0.1) is 0 Å². The highest BCUT2D eigenvalue weighted by Crippen LogP contribution is 2.13. The van der Waals surface area contributed by atoms with Crippen LogP contribution >= 0.6 is 47.8 Å². The fraction of sp³-hybridized carbons (Fsp3) is 0.211. The Kier molecular flexibility index (Phi) is 15.6. The van der Waals surface area contributed by atoms with Crippen LogP contribution in [0.5, 0.6) is 0 Å². The van der Waals surface area contributed by atoms with Gasteiger partial charge in [-0.05, 0) is 80.5 Å². The number of carbonyl (C=O) groups excluding carboxylic acids is 2. The van der Waals surface area contributed by atoms with Crippen LogP contribution < -0.4 is 11.3 Å². The summed E-state index contributed by atoms with van der Waals surface area (Å²) in [6.45, 7) is 6.02. The Morgan fingerprint density at radius 3 is 1.64 bits per heavy atom. The number of aliphatic imine (C=N–C) groups is 1. The summed E-state index contributed by atoms with van der Waals surface area (Å²) in [5.74, 6) is 5.06. The van der Waals surface area contributed by atoms with E-state index >= 15 is 0 Å². The number of hydrogen-bond donors (Lipinski definition) is 2. The van der Waals surface area contributed by atoms with Crippen molar-refractivity contribution in [1.82, 2.24) is 5.43 Å². The number of carbonyl (C=O) groups is 2. The quantitative estimate of drug-likeness (QED) is 0.206. The van der Waals surface area contributed by atoms with E-state index in [1.165, 1.54) is 0 Å². The maximum atomic E-state index is 10.6. The number of nitrogens with one attached hydrogen (secondary N) is 1. The van der Waals surface area contributed by atoms with Gasteiger partial charge in [-0.15, -0.1) is 12.4 Å². The molecule has 0 bridgehead atoms. The lowest BCUT2D eigenvalue weighted by molar-refractivity contribution is 0.107. The Morgan fingerprint density at radius 2 is 1.36 bits per heavy atom. The van der Waals surface area contributed by atoms with Gasteiger partial charge < -0.3 is 0 Å². The molecular weight excluding hydrogens is 441 g/mol. The number of thiocarbonyl (C=S) groups is 1. The Labute approximate surface area is 186 Å². The highest BCUT2D eigenvalue weighted by Gasteiger charge is 2.02. The van der Waals surface area contributed by atoms with Crippen LogP contribution in [-0.4, -0.2) is 21.2 Å². The molecule has 0 aromatic heterocycles. The van der Waals surface area contributed by atoms with Gasteiger partial charge in [0.2, 0.25) is 0 Å². The van der Waals surface area contributed by atoms with E-state index in [-0.39, 0.29) is 17.9 Å². The molecule has 0 saturated carbocycles. The highest BCUT2D eigenvalue weighted by atomic mass is 35.5. The predicted octanol–water partition coefficient (Wildman–Crippen LogP) is 5.54. The lowest BCUT2D eigenvalue weighted by atomic mass is 10.1. The second kappa shape index (κ2) is 15.3. The normalized spacial score (nSPS) is 9.21. The number of halogens is 3. The minimum Gasteiger partial charge on any atom is -0.276 e. The molecule has 0 saturated heterocycles. The molecule has 0 atom stereocenters. The minimum absolute atomic E-state index is 0. The second-order valence-electron chi connectivity index (χ2n) is 6.06. The van der Waals surface area contributed by atoms with Crippen molar-refractivity contribution in [1.29, 1.82) is 0 Å². The van der Waals surface area contributed by atoms with E-state index in [9.17, 15) is 9.59 Å². The van der Waals surface area contributed by atoms with Crippen LogP contribution in [0.3, 0.4) is 0 Å². The second-order valence-corrected chi connectivity index (χ2v) is 6.93. The maximum absolute atomic E-state index is 10.6. The molecule has 9 heteroatoms. The van der Waals surface area contributed by atoms with Crippen molar-refractivity contribution >= 4 is 69.2 Å². The van der Waals surface area contributed by atoms with Crippen molar-refractivity contribution in [3.8, 4) is 0 Å². The summed E-state index contributed by atoms with van der Waals surface area (Å²) in [6.07, 6.45) is 0. The van der Waals surface area contributed by atoms with Gasteiger partial charge in [0.25, 0.3) is 10.5 Å². The molecule has 2 rings (SSSR count). The molecule has 0 radical (unpaired) electrons. The van der Waals surface area contributed by atoms with Crippen molar-refractivity contribution in [3.05, 3.63) is 65.7 Å². The SMILES string of the molecule is CC(C)(C)NN.Cl.O=C(Cl)c1ccc(N=C=S)cc1.O=C(Cl)c1ccccc1. The number of hydrazine groups is 1. The van der Waals surface area contributed by atoms with E-state index in [1.54, 1.807) is 48.5 Å². The largest absolute Gasteiger partial charge is 0.276 e. The fourth-order valence-electron chi connectivity index (χ4n) is 1.29. The van der Waals surface area contributed by atoms with Gasteiger partial charge in [-0.1, -0.05) is 30.3 Å². The summed E-state index contributed by atoms with van der Waals surface area (Å²) in [6, 6.07) is 15.2. The number of rotatable bonds is 3. The number of nitrogens with two attached hydrogens (primary N) is 1. The van der Waals surface area contributed by atoms with Crippen molar-refractivity contribution in [2.24, 2.45) is 10.8 Å². The first-order valence-corrected chi connectivity index (χ1v) is 8.87. The van der Waals surface area contributed by atoms with Gasteiger partial charge in [0.05, 0.1) is 10.8 Å². The lowest BCUT2D eigenvalue weighted by Gasteiger charge is -2.14. The molecule has 0 aliphatic carbocycles. The van der Waals surface area contributed by atoms with Gasteiger partial charge in [-0.3, -0.25) is 20.9 Å². The third-order valence-electron chi connectivity index (χ3n) is 2.70. The zero-order valence-electron chi connectivity index (χ0n) is 15.6. The van der Waals surface area contributed by atoms with Gasteiger partial charge >= 0.3 is 0 Å².